The topological polar surface area (TPSA) is 96.0 Å². The summed E-state index contributed by atoms with van der Waals surface area (Å²) in [7, 11) is 4.63. The molecule has 1 N–H and O–H groups in total. The number of anilines is 1. The first-order valence-corrected chi connectivity index (χ1v) is 12.3. The van der Waals surface area contributed by atoms with E-state index in [2.05, 4.69) is 10.3 Å². The van der Waals surface area contributed by atoms with Gasteiger partial charge in [0.05, 0.1) is 21.3 Å². The van der Waals surface area contributed by atoms with E-state index < -0.39 is 0 Å². The van der Waals surface area contributed by atoms with Gasteiger partial charge in [-0.1, -0.05) is 23.7 Å². The van der Waals surface area contributed by atoms with Crippen molar-refractivity contribution in [2.24, 2.45) is 0 Å². The van der Waals surface area contributed by atoms with Crippen molar-refractivity contribution in [3.05, 3.63) is 83.1 Å². The molecule has 5 aromatic rings. The second-order valence-electron chi connectivity index (χ2n) is 8.60. The number of aromatic nitrogens is 1. The second-order valence-corrected chi connectivity index (χ2v) is 9.01. The fraction of sp³-hybridized carbons (Fsp3) is 0.133. The molecule has 0 aliphatic rings. The molecule has 0 radical (unpaired) electrons. The summed E-state index contributed by atoms with van der Waals surface area (Å²) in [6.07, 6.45) is 3.00. The van der Waals surface area contributed by atoms with Gasteiger partial charge in [0.1, 0.15) is 17.0 Å². The summed E-state index contributed by atoms with van der Waals surface area (Å²) in [4.78, 5) is 17.2. The van der Waals surface area contributed by atoms with Crippen molar-refractivity contribution in [3.63, 3.8) is 0 Å². The minimum atomic E-state index is -0.320. The molecule has 0 bridgehead atoms. The molecule has 198 valence electrons. The van der Waals surface area contributed by atoms with Crippen molar-refractivity contribution in [1.82, 2.24) is 4.98 Å². The normalized spacial score (nSPS) is 11.2. The van der Waals surface area contributed by atoms with Gasteiger partial charge in [-0.2, -0.15) is 0 Å². The van der Waals surface area contributed by atoms with Crippen LogP contribution < -0.4 is 19.5 Å². The monoisotopic (exact) mass is 544 g/mol. The Bertz CT molecular complexity index is 1680. The maximum absolute atomic E-state index is 12.6. The van der Waals surface area contributed by atoms with Crippen LogP contribution in [-0.2, 0) is 4.79 Å². The van der Waals surface area contributed by atoms with Crippen molar-refractivity contribution in [1.29, 1.82) is 0 Å². The van der Waals surface area contributed by atoms with E-state index in [-0.39, 0.29) is 5.91 Å². The summed E-state index contributed by atoms with van der Waals surface area (Å²) >= 11 is 6.22. The quantitative estimate of drug-likeness (QED) is 0.203. The van der Waals surface area contributed by atoms with Crippen molar-refractivity contribution >= 4 is 40.4 Å². The van der Waals surface area contributed by atoms with E-state index in [1.54, 1.807) is 56.7 Å². The molecule has 0 aliphatic heterocycles. The highest BCUT2D eigenvalue weighted by atomic mass is 35.5. The van der Waals surface area contributed by atoms with Crippen LogP contribution in [0, 0.1) is 6.92 Å². The van der Waals surface area contributed by atoms with Gasteiger partial charge in [0.2, 0.25) is 17.5 Å². The fourth-order valence-corrected chi connectivity index (χ4v) is 4.20. The number of benzene rings is 3. The molecule has 0 aliphatic carbocycles. The lowest BCUT2D eigenvalue weighted by atomic mass is 10.1. The molecule has 39 heavy (non-hydrogen) atoms. The number of hydrogen-bond acceptors (Lipinski definition) is 7. The van der Waals surface area contributed by atoms with E-state index in [0.29, 0.717) is 62.0 Å². The zero-order chi connectivity index (χ0) is 27.5. The lowest BCUT2D eigenvalue weighted by Crippen LogP contribution is -2.07. The van der Waals surface area contributed by atoms with E-state index in [0.717, 1.165) is 11.1 Å². The van der Waals surface area contributed by atoms with Crippen molar-refractivity contribution in [2.45, 2.75) is 6.92 Å². The van der Waals surface area contributed by atoms with Gasteiger partial charge >= 0.3 is 0 Å². The van der Waals surface area contributed by atoms with Crippen LogP contribution in [-0.4, -0.2) is 32.2 Å². The van der Waals surface area contributed by atoms with Gasteiger partial charge in [-0.15, -0.1) is 0 Å². The Labute approximate surface area is 229 Å². The summed E-state index contributed by atoms with van der Waals surface area (Å²) in [6, 6.07) is 18.1. The number of amides is 1. The summed E-state index contributed by atoms with van der Waals surface area (Å²) in [5.41, 5.74) is 4.21. The van der Waals surface area contributed by atoms with Gasteiger partial charge in [0.25, 0.3) is 0 Å². The predicted octanol–water partition coefficient (Wildman–Crippen LogP) is 7.39. The maximum atomic E-state index is 12.6. The van der Waals surface area contributed by atoms with Gasteiger partial charge < -0.3 is 28.4 Å². The number of carbonyl (C=O) groups is 1. The van der Waals surface area contributed by atoms with Crippen molar-refractivity contribution in [3.8, 4) is 40.0 Å². The molecular formula is C30H25ClN2O6. The Morgan fingerprint density at radius 3 is 2.36 bits per heavy atom. The summed E-state index contributed by atoms with van der Waals surface area (Å²) in [5, 5.41) is 3.50. The lowest BCUT2D eigenvalue weighted by molar-refractivity contribution is -0.111. The van der Waals surface area contributed by atoms with Crippen LogP contribution in [0.1, 0.15) is 11.3 Å². The molecule has 0 spiro atoms. The molecule has 0 fully saturated rings. The Hall–Kier alpha value is -4.69. The van der Waals surface area contributed by atoms with Crippen LogP contribution in [0.4, 0.5) is 5.69 Å². The molecule has 2 aromatic heterocycles. The molecule has 9 heteroatoms. The smallest absolute Gasteiger partial charge is 0.248 e. The molecule has 0 atom stereocenters. The predicted molar refractivity (Wildman–Crippen MR) is 151 cm³/mol. The van der Waals surface area contributed by atoms with Crippen LogP contribution in [0.3, 0.4) is 0 Å². The van der Waals surface area contributed by atoms with E-state index >= 15 is 0 Å². The molecular weight excluding hydrogens is 520 g/mol. The molecule has 0 saturated heterocycles. The number of halogens is 1. The number of hydrogen-bond donors (Lipinski definition) is 1. The number of carbonyl (C=O) groups excluding carboxylic acids is 1. The van der Waals surface area contributed by atoms with Gasteiger partial charge in [-0.05, 0) is 67.1 Å². The van der Waals surface area contributed by atoms with E-state index in [9.17, 15) is 4.79 Å². The van der Waals surface area contributed by atoms with Crippen LogP contribution in [0.15, 0.2) is 75.6 Å². The molecule has 2 heterocycles. The molecule has 8 nitrogen and oxygen atoms in total. The van der Waals surface area contributed by atoms with Crippen LogP contribution in [0.5, 0.6) is 17.2 Å². The van der Waals surface area contributed by atoms with E-state index in [1.165, 1.54) is 13.2 Å². The van der Waals surface area contributed by atoms with E-state index in [4.69, 9.17) is 34.6 Å². The largest absolute Gasteiger partial charge is 0.493 e. The van der Waals surface area contributed by atoms with Crippen molar-refractivity contribution < 1.29 is 27.8 Å². The first-order chi connectivity index (χ1) is 18.9. The summed E-state index contributed by atoms with van der Waals surface area (Å²) < 4.78 is 28.0. The molecule has 0 unspecified atom stereocenters. The van der Waals surface area contributed by atoms with Crippen LogP contribution >= 0.6 is 11.6 Å². The number of furan rings is 1. The number of oxazole rings is 1. The Morgan fingerprint density at radius 1 is 0.897 bits per heavy atom. The summed E-state index contributed by atoms with van der Waals surface area (Å²) in [6.45, 7) is 1.94. The minimum absolute atomic E-state index is 0.320. The van der Waals surface area contributed by atoms with Crippen LogP contribution in [0.2, 0.25) is 5.02 Å². The van der Waals surface area contributed by atoms with Crippen molar-refractivity contribution in [2.75, 3.05) is 26.6 Å². The zero-order valence-electron chi connectivity index (χ0n) is 21.7. The standard InChI is InChI=1S/C30H25ClN2O6/c1-17-5-6-18(13-22(17)31)24-11-8-21(38-24)9-12-28(34)32-20-7-10-25-23(16-20)33-30(39-25)19-14-26(35-2)29(37-4)27(15-19)36-3/h5-16H,1-4H3,(H,32,34)/b12-9+. The number of ether oxygens (including phenoxy) is 3. The van der Waals surface area contributed by atoms with Crippen LogP contribution in [0.25, 0.3) is 40.0 Å². The fourth-order valence-electron chi connectivity index (χ4n) is 4.02. The third-order valence-corrected chi connectivity index (χ3v) is 6.46. The number of rotatable bonds is 8. The minimum Gasteiger partial charge on any atom is -0.493 e. The third kappa shape index (κ3) is 5.46. The summed E-state index contributed by atoms with van der Waals surface area (Å²) in [5.74, 6) is 2.70. The molecule has 5 rings (SSSR count). The Balaban J connectivity index is 1.31. The zero-order valence-corrected chi connectivity index (χ0v) is 22.5. The van der Waals surface area contributed by atoms with E-state index in [1.807, 2.05) is 31.2 Å². The number of methoxy groups -OCH3 is 3. The molecule has 0 saturated carbocycles. The second kappa shape index (κ2) is 11.0. The third-order valence-electron chi connectivity index (χ3n) is 6.05. The van der Waals surface area contributed by atoms with Gasteiger partial charge in [-0.25, -0.2) is 4.98 Å². The number of nitrogens with one attached hydrogen (secondary N) is 1. The average Bonchev–Trinajstić information content (AvgIpc) is 3.59. The SMILES string of the molecule is COc1cc(-c2nc3cc(NC(=O)/C=C/c4ccc(-c5ccc(C)c(Cl)c5)o4)ccc3o2)cc(OC)c1OC. The van der Waals surface area contributed by atoms with Gasteiger partial charge in [0, 0.05) is 27.9 Å². The highest BCUT2D eigenvalue weighted by Crippen LogP contribution is 2.41. The lowest BCUT2D eigenvalue weighted by Gasteiger charge is -2.12. The highest BCUT2D eigenvalue weighted by Gasteiger charge is 2.17. The van der Waals surface area contributed by atoms with Gasteiger partial charge in [-0.3, -0.25) is 4.79 Å². The Kier molecular flexibility index (Phi) is 7.29. The first-order valence-electron chi connectivity index (χ1n) is 11.9. The average molecular weight is 545 g/mol. The highest BCUT2D eigenvalue weighted by molar-refractivity contribution is 6.31. The number of nitrogens with zero attached hydrogens (tertiary/aromatic N) is 1. The van der Waals surface area contributed by atoms with Gasteiger partial charge in [0.15, 0.2) is 17.1 Å². The maximum Gasteiger partial charge on any atom is 0.248 e. The Morgan fingerprint density at radius 2 is 1.67 bits per heavy atom. The number of aryl methyl sites for hydroxylation is 1. The molecule has 1 amide bonds. The molecule has 3 aromatic carbocycles. The first kappa shape index (κ1) is 25.9. The number of fused-ring (bicyclic) bond motifs is 1.